The Balaban J connectivity index is 1.88. The molecular weight excluding hydrogens is 384 g/mol. The minimum absolute atomic E-state index is 0.0460. The monoisotopic (exact) mass is 404 g/mol. The summed E-state index contributed by atoms with van der Waals surface area (Å²) in [4.78, 5) is 24.9. The molecule has 28 heavy (non-hydrogen) atoms. The van der Waals surface area contributed by atoms with Crippen LogP contribution in [0.25, 0.3) is 0 Å². The van der Waals surface area contributed by atoms with Crippen LogP contribution in [0.5, 0.6) is 5.75 Å². The van der Waals surface area contributed by atoms with Gasteiger partial charge in [0.15, 0.2) is 9.84 Å². The lowest BCUT2D eigenvalue weighted by molar-refractivity contribution is -0.384. The molecule has 3 rings (SSSR count). The fourth-order valence-corrected chi connectivity index (χ4v) is 4.94. The molecule has 0 saturated carbocycles. The summed E-state index contributed by atoms with van der Waals surface area (Å²) in [5.41, 5.74) is 1.01. The SMILES string of the molecule is COc1ccc(CN(C(=O)c2ccc([N+](=O)[O-])cc2)[C@H]2CCS(=O)(=O)C2)cc1. The highest BCUT2D eigenvalue weighted by Crippen LogP contribution is 2.24. The van der Waals surface area contributed by atoms with Crippen molar-refractivity contribution in [1.29, 1.82) is 0 Å². The van der Waals surface area contributed by atoms with Gasteiger partial charge in [0.05, 0.1) is 23.5 Å². The molecule has 9 heteroatoms. The van der Waals surface area contributed by atoms with Gasteiger partial charge in [0, 0.05) is 30.3 Å². The predicted molar refractivity (Wildman–Crippen MR) is 103 cm³/mol. The lowest BCUT2D eigenvalue weighted by Gasteiger charge is -2.28. The van der Waals surface area contributed by atoms with Crippen molar-refractivity contribution >= 4 is 21.4 Å². The van der Waals surface area contributed by atoms with Crippen molar-refractivity contribution in [2.24, 2.45) is 0 Å². The maximum atomic E-state index is 13.1. The van der Waals surface area contributed by atoms with Crippen LogP contribution in [0, 0.1) is 10.1 Å². The maximum Gasteiger partial charge on any atom is 0.269 e. The smallest absolute Gasteiger partial charge is 0.269 e. The zero-order chi connectivity index (χ0) is 20.3. The van der Waals surface area contributed by atoms with E-state index in [1.165, 1.54) is 29.2 Å². The summed E-state index contributed by atoms with van der Waals surface area (Å²) in [5, 5.41) is 10.8. The number of non-ortho nitro benzene ring substituents is 1. The van der Waals surface area contributed by atoms with Crippen LogP contribution in [0.15, 0.2) is 48.5 Å². The Kier molecular flexibility index (Phi) is 5.64. The molecule has 0 aliphatic carbocycles. The van der Waals surface area contributed by atoms with Gasteiger partial charge in [-0.15, -0.1) is 0 Å². The average molecular weight is 404 g/mol. The molecule has 0 bridgehead atoms. The summed E-state index contributed by atoms with van der Waals surface area (Å²) in [7, 11) is -1.62. The third-order valence-corrected chi connectivity index (χ3v) is 6.50. The molecule has 2 aromatic carbocycles. The van der Waals surface area contributed by atoms with Crippen LogP contribution in [0.4, 0.5) is 5.69 Å². The van der Waals surface area contributed by atoms with E-state index in [1.54, 1.807) is 19.2 Å². The second kappa shape index (κ2) is 7.97. The number of rotatable bonds is 6. The van der Waals surface area contributed by atoms with Gasteiger partial charge in [0.1, 0.15) is 5.75 Å². The Bertz CT molecular complexity index is 970. The van der Waals surface area contributed by atoms with Crippen molar-refractivity contribution in [3.05, 3.63) is 69.8 Å². The molecule has 0 spiro atoms. The summed E-state index contributed by atoms with van der Waals surface area (Å²) >= 11 is 0. The second-order valence-electron chi connectivity index (χ2n) is 6.64. The van der Waals surface area contributed by atoms with Crippen LogP contribution in [0.2, 0.25) is 0 Å². The first-order valence-corrected chi connectivity index (χ1v) is 10.5. The van der Waals surface area contributed by atoms with E-state index in [1.807, 2.05) is 12.1 Å². The Morgan fingerprint density at radius 2 is 1.82 bits per heavy atom. The van der Waals surface area contributed by atoms with E-state index >= 15 is 0 Å². The van der Waals surface area contributed by atoms with E-state index < -0.39 is 20.8 Å². The third-order valence-electron chi connectivity index (χ3n) is 4.75. The van der Waals surface area contributed by atoms with Crippen LogP contribution >= 0.6 is 0 Å². The summed E-state index contributed by atoms with van der Waals surface area (Å²) in [6.07, 6.45) is 0.372. The summed E-state index contributed by atoms with van der Waals surface area (Å²) < 4.78 is 29.0. The van der Waals surface area contributed by atoms with Crippen molar-refractivity contribution in [2.45, 2.75) is 19.0 Å². The van der Waals surface area contributed by atoms with Crippen LogP contribution in [0.3, 0.4) is 0 Å². The van der Waals surface area contributed by atoms with Crippen LogP contribution in [-0.4, -0.2) is 48.8 Å². The second-order valence-corrected chi connectivity index (χ2v) is 8.87. The number of ether oxygens (including phenoxy) is 1. The maximum absolute atomic E-state index is 13.1. The number of amides is 1. The van der Waals surface area contributed by atoms with Gasteiger partial charge in [-0.1, -0.05) is 12.1 Å². The van der Waals surface area contributed by atoms with Crippen molar-refractivity contribution in [3.63, 3.8) is 0 Å². The van der Waals surface area contributed by atoms with Gasteiger partial charge in [0.2, 0.25) is 0 Å². The van der Waals surface area contributed by atoms with Crippen LogP contribution in [-0.2, 0) is 16.4 Å². The molecule has 0 N–H and O–H groups in total. The Hall–Kier alpha value is -2.94. The zero-order valence-electron chi connectivity index (χ0n) is 15.3. The highest BCUT2D eigenvalue weighted by Gasteiger charge is 2.35. The van der Waals surface area contributed by atoms with Gasteiger partial charge in [0.25, 0.3) is 11.6 Å². The van der Waals surface area contributed by atoms with Gasteiger partial charge in [-0.3, -0.25) is 14.9 Å². The minimum Gasteiger partial charge on any atom is -0.497 e. The van der Waals surface area contributed by atoms with E-state index in [0.29, 0.717) is 12.2 Å². The van der Waals surface area contributed by atoms with E-state index in [9.17, 15) is 23.3 Å². The summed E-state index contributed by atoms with van der Waals surface area (Å²) in [5.74, 6) is 0.292. The first kappa shape index (κ1) is 19.8. The van der Waals surface area contributed by atoms with Crippen LogP contribution in [0.1, 0.15) is 22.3 Å². The molecule has 1 aliphatic rings. The Morgan fingerprint density at radius 1 is 1.18 bits per heavy atom. The van der Waals surface area contributed by atoms with Crippen molar-refractivity contribution in [3.8, 4) is 5.75 Å². The van der Waals surface area contributed by atoms with Gasteiger partial charge < -0.3 is 9.64 Å². The number of nitro groups is 1. The highest BCUT2D eigenvalue weighted by atomic mass is 32.2. The van der Waals surface area contributed by atoms with Crippen molar-refractivity contribution in [2.75, 3.05) is 18.6 Å². The first-order valence-electron chi connectivity index (χ1n) is 8.68. The molecule has 2 aromatic rings. The van der Waals surface area contributed by atoms with Crippen LogP contribution < -0.4 is 4.74 Å². The van der Waals surface area contributed by atoms with Gasteiger partial charge in [-0.25, -0.2) is 8.42 Å². The molecule has 1 amide bonds. The topological polar surface area (TPSA) is 107 Å². The molecule has 0 aromatic heterocycles. The van der Waals surface area contributed by atoms with E-state index in [-0.39, 0.29) is 35.2 Å². The number of sulfone groups is 1. The van der Waals surface area contributed by atoms with Crippen molar-refractivity contribution in [1.82, 2.24) is 4.90 Å². The number of hydrogen-bond donors (Lipinski definition) is 0. The average Bonchev–Trinajstić information content (AvgIpc) is 3.05. The fourth-order valence-electron chi connectivity index (χ4n) is 3.21. The first-order chi connectivity index (χ1) is 13.3. The predicted octanol–water partition coefficient (Wildman–Crippen LogP) is 2.43. The molecule has 1 saturated heterocycles. The number of methoxy groups -OCH3 is 1. The minimum atomic E-state index is -3.18. The lowest BCUT2D eigenvalue weighted by Crippen LogP contribution is -2.40. The highest BCUT2D eigenvalue weighted by molar-refractivity contribution is 7.91. The zero-order valence-corrected chi connectivity index (χ0v) is 16.1. The molecule has 0 radical (unpaired) electrons. The number of hydrogen-bond acceptors (Lipinski definition) is 6. The number of nitrogens with zero attached hydrogens (tertiary/aromatic N) is 2. The number of carbonyl (C=O) groups excluding carboxylic acids is 1. The Morgan fingerprint density at radius 3 is 2.32 bits per heavy atom. The van der Waals surface area contributed by atoms with E-state index in [0.717, 1.165) is 5.56 Å². The van der Waals surface area contributed by atoms with E-state index in [2.05, 4.69) is 0 Å². The lowest BCUT2D eigenvalue weighted by atomic mass is 10.1. The number of carbonyl (C=O) groups is 1. The summed E-state index contributed by atoms with van der Waals surface area (Å²) in [6.45, 7) is 0.236. The normalized spacial score (nSPS) is 17.8. The summed E-state index contributed by atoms with van der Waals surface area (Å²) in [6, 6.07) is 12.1. The molecule has 148 valence electrons. The van der Waals surface area contributed by atoms with Gasteiger partial charge >= 0.3 is 0 Å². The molecule has 1 heterocycles. The largest absolute Gasteiger partial charge is 0.497 e. The quantitative estimate of drug-likeness (QED) is 0.541. The molecule has 1 atom stereocenters. The van der Waals surface area contributed by atoms with Gasteiger partial charge in [-0.05, 0) is 36.2 Å². The molecule has 8 nitrogen and oxygen atoms in total. The van der Waals surface area contributed by atoms with E-state index in [4.69, 9.17) is 4.74 Å². The molecule has 1 fully saturated rings. The van der Waals surface area contributed by atoms with Gasteiger partial charge in [-0.2, -0.15) is 0 Å². The molecule has 0 unspecified atom stereocenters. The third kappa shape index (κ3) is 4.48. The standard InChI is InChI=1S/C19H20N2O6S/c1-27-18-8-2-14(3-9-18)12-20(17-10-11-28(25,26)13-17)19(22)15-4-6-16(7-5-15)21(23)24/h2-9,17H,10-13H2,1H3/t17-/m0/s1. The number of nitro benzene ring substituents is 1. The Labute approximate surface area is 162 Å². The number of benzene rings is 2. The molecular formula is C19H20N2O6S. The fraction of sp³-hybridized carbons (Fsp3) is 0.316. The molecule has 1 aliphatic heterocycles. The van der Waals surface area contributed by atoms with Crippen molar-refractivity contribution < 1.29 is 22.9 Å².